The largest absolute Gasteiger partial charge is 0.497 e. The molecule has 1 aromatic heterocycles. The molecule has 0 aliphatic heterocycles. The molecular formula is C12H13FN4O. The highest BCUT2D eigenvalue weighted by molar-refractivity contribution is 5.59. The summed E-state index contributed by atoms with van der Waals surface area (Å²) in [4.78, 5) is 8.12. The summed E-state index contributed by atoms with van der Waals surface area (Å²) in [5.41, 5.74) is 0.301. The quantitative estimate of drug-likeness (QED) is 0.870. The molecule has 5 nitrogen and oxygen atoms in total. The Morgan fingerprint density at radius 3 is 2.83 bits per heavy atom. The van der Waals surface area contributed by atoms with E-state index in [2.05, 4.69) is 20.6 Å². The summed E-state index contributed by atoms with van der Waals surface area (Å²) in [6, 6.07) is 6.11. The van der Waals surface area contributed by atoms with Crippen LogP contribution in [0.5, 0.6) is 5.75 Å². The molecule has 0 saturated carbocycles. The van der Waals surface area contributed by atoms with E-state index in [1.807, 2.05) is 0 Å². The molecule has 0 atom stereocenters. The molecule has 0 radical (unpaired) electrons. The van der Waals surface area contributed by atoms with Gasteiger partial charge in [-0.2, -0.15) is 4.98 Å². The number of hydrogen-bond donors (Lipinski definition) is 2. The van der Waals surface area contributed by atoms with Crippen LogP contribution in [0.3, 0.4) is 0 Å². The highest BCUT2D eigenvalue weighted by Crippen LogP contribution is 2.23. The second kappa shape index (κ2) is 5.31. The molecule has 0 fully saturated rings. The first-order chi connectivity index (χ1) is 8.72. The van der Waals surface area contributed by atoms with Crippen LogP contribution in [0, 0.1) is 5.82 Å². The molecule has 0 unspecified atom stereocenters. The Balaban J connectivity index is 2.27. The predicted molar refractivity (Wildman–Crippen MR) is 67.8 cm³/mol. The summed E-state index contributed by atoms with van der Waals surface area (Å²) in [6.45, 7) is 0. The lowest BCUT2D eigenvalue weighted by molar-refractivity contribution is 0.414. The third-order valence-corrected chi connectivity index (χ3v) is 2.32. The van der Waals surface area contributed by atoms with Crippen LogP contribution in [-0.4, -0.2) is 24.1 Å². The van der Waals surface area contributed by atoms with Crippen molar-refractivity contribution < 1.29 is 9.13 Å². The van der Waals surface area contributed by atoms with E-state index in [9.17, 15) is 4.39 Å². The van der Waals surface area contributed by atoms with E-state index in [1.54, 1.807) is 31.4 Å². The number of anilines is 3. The van der Waals surface area contributed by atoms with Crippen molar-refractivity contribution in [2.45, 2.75) is 0 Å². The third-order valence-electron chi connectivity index (χ3n) is 2.32. The molecule has 0 amide bonds. The Bertz CT molecular complexity index is 547. The van der Waals surface area contributed by atoms with Gasteiger partial charge < -0.3 is 15.4 Å². The van der Waals surface area contributed by atoms with Gasteiger partial charge >= 0.3 is 0 Å². The molecule has 2 rings (SSSR count). The minimum Gasteiger partial charge on any atom is -0.497 e. The lowest BCUT2D eigenvalue weighted by Crippen LogP contribution is -2.01. The van der Waals surface area contributed by atoms with Gasteiger partial charge in [-0.25, -0.2) is 9.37 Å². The average Bonchev–Trinajstić information content (AvgIpc) is 2.41. The maximum absolute atomic E-state index is 13.6. The van der Waals surface area contributed by atoms with Gasteiger partial charge in [0.15, 0.2) is 0 Å². The molecule has 2 N–H and O–H groups in total. The topological polar surface area (TPSA) is 59.1 Å². The summed E-state index contributed by atoms with van der Waals surface area (Å²) >= 11 is 0. The number of methoxy groups -OCH3 is 1. The standard InChI is InChI=1S/C12H13FN4O/c1-14-12-15-6-5-11(17-12)16-10-7-8(18-2)3-4-9(10)13/h3-7H,1-2H3,(H2,14,15,16,17). The first kappa shape index (κ1) is 12.1. The van der Waals surface area contributed by atoms with E-state index in [-0.39, 0.29) is 5.82 Å². The van der Waals surface area contributed by atoms with E-state index in [1.165, 1.54) is 13.2 Å². The lowest BCUT2D eigenvalue weighted by atomic mass is 10.3. The summed E-state index contributed by atoms with van der Waals surface area (Å²) in [7, 11) is 3.24. The molecule has 18 heavy (non-hydrogen) atoms. The molecule has 0 spiro atoms. The predicted octanol–water partition coefficient (Wildman–Crippen LogP) is 2.41. The van der Waals surface area contributed by atoms with Crippen molar-refractivity contribution in [2.75, 3.05) is 24.8 Å². The van der Waals surface area contributed by atoms with Crippen LogP contribution >= 0.6 is 0 Å². The second-order valence-corrected chi connectivity index (χ2v) is 3.49. The zero-order chi connectivity index (χ0) is 13.0. The number of nitrogens with one attached hydrogen (secondary N) is 2. The Morgan fingerprint density at radius 1 is 1.28 bits per heavy atom. The Morgan fingerprint density at radius 2 is 2.11 bits per heavy atom. The van der Waals surface area contributed by atoms with E-state index in [4.69, 9.17) is 4.74 Å². The van der Waals surface area contributed by atoms with Crippen LogP contribution in [0.15, 0.2) is 30.5 Å². The minimum absolute atomic E-state index is 0.301. The number of rotatable bonds is 4. The lowest BCUT2D eigenvalue weighted by Gasteiger charge is -2.09. The summed E-state index contributed by atoms with van der Waals surface area (Å²) in [6.07, 6.45) is 1.58. The monoisotopic (exact) mass is 248 g/mol. The SMILES string of the molecule is CNc1nccc(Nc2cc(OC)ccc2F)n1. The van der Waals surface area contributed by atoms with Gasteiger partial charge in [-0.05, 0) is 18.2 Å². The molecule has 0 aliphatic rings. The summed E-state index contributed by atoms with van der Waals surface area (Å²) < 4.78 is 18.6. The van der Waals surface area contributed by atoms with Crippen molar-refractivity contribution in [1.29, 1.82) is 0 Å². The maximum Gasteiger partial charge on any atom is 0.224 e. The Kier molecular flexibility index (Phi) is 3.57. The van der Waals surface area contributed by atoms with Crippen LogP contribution in [0.2, 0.25) is 0 Å². The number of ether oxygens (including phenoxy) is 1. The summed E-state index contributed by atoms with van der Waals surface area (Å²) in [5.74, 6) is 1.16. The first-order valence-electron chi connectivity index (χ1n) is 5.34. The zero-order valence-corrected chi connectivity index (χ0v) is 10.1. The fraction of sp³-hybridized carbons (Fsp3) is 0.167. The van der Waals surface area contributed by atoms with Crippen molar-refractivity contribution in [2.24, 2.45) is 0 Å². The van der Waals surface area contributed by atoms with Crippen LogP contribution in [-0.2, 0) is 0 Å². The molecular weight excluding hydrogens is 235 g/mol. The average molecular weight is 248 g/mol. The van der Waals surface area contributed by atoms with Crippen molar-refractivity contribution >= 4 is 17.5 Å². The Hall–Kier alpha value is -2.37. The van der Waals surface area contributed by atoms with E-state index in [0.29, 0.717) is 23.2 Å². The number of hydrogen-bond acceptors (Lipinski definition) is 5. The molecule has 2 aromatic rings. The van der Waals surface area contributed by atoms with Crippen molar-refractivity contribution in [1.82, 2.24) is 9.97 Å². The van der Waals surface area contributed by atoms with Crippen LogP contribution < -0.4 is 15.4 Å². The van der Waals surface area contributed by atoms with E-state index >= 15 is 0 Å². The van der Waals surface area contributed by atoms with Gasteiger partial charge in [0.2, 0.25) is 5.95 Å². The van der Waals surface area contributed by atoms with Gasteiger partial charge in [-0.15, -0.1) is 0 Å². The molecule has 1 aromatic carbocycles. The third kappa shape index (κ3) is 2.65. The smallest absolute Gasteiger partial charge is 0.224 e. The number of nitrogens with zero attached hydrogens (tertiary/aromatic N) is 2. The number of aromatic nitrogens is 2. The highest BCUT2D eigenvalue weighted by atomic mass is 19.1. The summed E-state index contributed by atoms with van der Waals surface area (Å²) in [5, 5.41) is 5.69. The van der Waals surface area contributed by atoms with Gasteiger partial charge in [0.25, 0.3) is 0 Å². The van der Waals surface area contributed by atoms with Gasteiger partial charge in [0.1, 0.15) is 17.4 Å². The minimum atomic E-state index is -0.375. The fourth-order valence-electron chi connectivity index (χ4n) is 1.41. The van der Waals surface area contributed by atoms with Gasteiger partial charge in [0, 0.05) is 19.3 Å². The van der Waals surface area contributed by atoms with Crippen LogP contribution in [0.1, 0.15) is 0 Å². The fourth-order valence-corrected chi connectivity index (χ4v) is 1.41. The maximum atomic E-state index is 13.6. The van der Waals surface area contributed by atoms with Gasteiger partial charge in [0.05, 0.1) is 12.8 Å². The van der Waals surface area contributed by atoms with Crippen molar-refractivity contribution in [3.8, 4) is 5.75 Å². The second-order valence-electron chi connectivity index (χ2n) is 3.49. The molecule has 94 valence electrons. The van der Waals surface area contributed by atoms with E-state index < -0.39 is 0 Å². The highest BCUT2D eigenvalue weighted by Gasteiger charge is 2.05. The molecule has 1 heterocycles. The number of benzene rings is 1. The molecule has 0 bridgehead atoms. The van der Waals surface area contributed by atoms with Crippen molar-refractivity contribution in [3.63, 3.8) is 0 Å². The molecule has 6 heteroatoms. The van der Waals surface area contributed by atoms with Crippen molar-refractivity contribution in [3.05, 3.63) is 36.3 Å². The van der Waals surface area contributed by atoms with Crippen LogP contribution in [0.25, 0.3) is 0 Å². The van der Waals surface area contributed by atoms with Crippen LogP contribution in [0.4, 0.5) is 21.8 Å². The molecule has 0 saturated heterocycles. The first-order valence-corrected chi connectivity index (χ1v) is 5.34. The Labute approximate surface area is 104 Å². The van der Waals surface area contributed by atoms with Gasteiger partial charge in [-0.1, -0.05) is 0 Å². The number of halogens is 1. The van der Waals surface area contributed by atoms with E-state index in [0.717, 1.165) is 0 Å². The molecule has 0 aliphatic carbocycles. The van der Waals surface area contributed by atoms with Gasteiger partial charge in [-0.3, -0.25) is 0 Å². The zero-order valence-electron chi connectivity index (χ0n) is 10.1. The normalized spacial score (nSPS) is 9.94.